The van der Waals surface area contributed by atoms with E-state index >= 15 is 0 Å². The molecule has 1 saturated carbocycles. The lowest BCUT2D eigenvalue weighted by Crippen LogP contribution is -2.55. The van der Waals surface area contributed by atoms with E-state index in [1.807, 2.05) is 0 Å². The molecule has 1 spiro atoms. The number of hydrogen-bond acceptors (Lipinski definition) is 2. The number of nitrogens with zero attached hydrogens (tertiary/aromatic N) is 1. The van der Waals surface area contributed by atoms with E-state index in [9.17, 15) is 9.59 Å². The van der Waals surface area contributed by atoms with Crippen LogP contribution in [0.5, 0.6) is 0 Å². The number of para-hydroxylation sites is 1. The molecule has 1 aliphatic heterocycles. The zero-order chi connectivity index (χ0) is 15.0. The van der Waals surface area contributed by atoms with E-state index < -0.39 is 5.54 Å². The Balaban J connectivity index is 2.05. The van der Waals surface area contributed by atoms with Crippen LogP contribution in [0.15, 0.2) is 18.2 Å². The van der Waals surface area contributed by atoms with Crippen LogP contribution >= 0.6 is 23.2 Å². The lowest BCUT2D eigenvalue weighted by Gasteiger charge is -2.32. The van der Waals surface area contributed by atoms with Crippen molar-refractivity contribution in [3.63, 3.8) is 0 Å². The van der Waals surface area contributed by atoms with Gasteiger partial charge in [-0.1, -0.05) is 42.1 Å². The predicted molar refractivity (Wildman–Crippen MR) is 82.8 cm³/mol. The molecule has 1 aliphatic carbocycles. The number of nitrogens with one attached hydrogen (secondary N) is 1. The van der Waals surface area contributed by atoms with Gasteiger partial charge in [-0.05, 0) is 25.0 Å². The van der Waals surface area contributed by atoms with Crippen LogP contribution in [-0.2, 0) is 9.59 Å². The first-order chi connectivity index (χ1) is 10.0. The van der Waals surface area contributed by atoms with Crippen LogP contribution < -0.4 is 10.2 Å². The fraction of sp³-hybridized carbons (Fsp3) is 0.467. The van der Waals surface area contributed by atoms with Crippen molar-refractivity contribution in [1.29, 1.82) is 0 Å². The lowest BCUT2D eigenvalue weighted by atomic mass is 9.95. The molecule has 0 bridgehead atoms. The minimum atomic E-state index is -0.782. The highest BCUT2D eigenvalue weighted by atomic mass is 35.5. The van der Waals surface area contributed by atoms with Gasteiger partial charge in [0.05, 0.1) is 15.7 Å². The molecule has 1 heterocycles. The van der Waals surface area contributed by atoms with Crippen LogP contribution in [0, 0.1) is 0 Å². The summed E-state index contributed by atoms with van der Waals surface area (Å²) in [7, 11) is 0. The molecule has 2 fully saturated rings. The molecule has 112 valence electrons. The normalized spacial score (nSPS) is 21.5. The van der Waals surface area contributed by atoms with Crippen molar-refractivity contribution in [1.82, 2.24) is 5.32 Å². The Morgan fingerprint density at radius 3 is 2.33 bits per heavy atom. The molecule has 2 aliphatic rings. The van der Waals surface area contributed by atoms with Crippen LogP contribution in [-0.4, -0.2) is 23.9 Å². The first-order valence-electron chi connectivity index (χ1n) is 7.10. The first kappa shape index (κ1) is 14.7. The average molecular weight is 327 g/mol. The maximum Gasteiger partial charge on any atom is 0.252 e. The largest absolute Gasteiger partial charge is 0.342 e. The van der Waals surface area contributed by atoms with Gasteiger partial charge in [-0.15, -0.1) is 0 Å². The van der Waals surface area contributed by atoms with Crippen molar-refractivity contribution in [3.05, 3.63) is 28.2 Å². The van der Waals surface area contributed by atoms with Crippen molar-refractivity contribution in [2.45, 2.75) is 37.6 Å². The van der Waals surface area contributed by atoms with E-state index in [0.29, 0.717) is 35.1 Å². The van der Waals surface area contributed by atoms with Crippen molar-refractivity contribution in [2.24, 2.45) is 0 Å². The molecule has 0 radical (unpaired) electrons. The summed E-state index contributed by atoms with van der Waals surface area (Å²) < 4.78 is 0. The average Bonchev–Trinajstić information content (AvgIpc) is 2.86. The quantitative estimate of drug-likeness (QED) is 0.861. The van der Waals surface area contributed by atoms with E-state index in [2.05, 4.69) is 5.32 Å². The van der Waals surface area contributed by atoms with Crippen molar-refractivity contribution < 1.29 is 9.59 Å². The molecule has 1 aromatic carbocycles. The second kappa shape index (κ2) is 5.50. The molecule has 1 N–H and O–H groups in total. The molecule has 0 atom stereocenters. The van der Waals surface area contributed by atoms with Gasteiger partial charge >= 0.3 is 0 Å². The second-order valence-electron chi connectivity index (χ2n) is 5.61. The van der Waals surface area contributed by atoms with Gasteiger partial charge in [-0.2, -0.15) is 0 Å². The number of carbonyl (C=O) groups excluding carboxylic acids is 2. The molecule has 2 amide bonds. The first-order valence-corrected chi connectivity index (χ1v) is 7.86. The number of benzene rings is 1. The highest BCUT2D eigenvalue weighted by molar-refractivity contribution is 6.40. The number of hydrogen-bond donors (Lipinski definition) is 1. The van der Waals surface area contributed by atoms with Gasteiger partial charge in [0.2, 0.25) is 5.91 Å². The number of rotatable bonds is 1. The third kappa shape index (κ3) is 2.51. The zero-order valence-electron chi connectivity index (χ0n) is 11.5. The van der Waals surface area contributed by atoms with Gasteiger partial charge in [-0.25, -0.2) is 0 Å². The van der Waals surface area contributed by atoms with E-state index in [4.69, 9.17) is 23.2 Å². The van der Waals surface area contributed by atoms with Crippen molar-refractivity contribution in [3.8, 4) is 0 Å². The summed E-state index contributed by atoms with van der Waals surface area (Å²) in [6.07, 6.45) is 3.49. The summed E-state index contributed by atoms with van der Waals surface area (Å²) in [5.74, 6) is -0.184. The summed E-state index contributed by atoms with van der Waals surface area (Å²) in [5, 5.41) is 3.78. The van der Waals surface area contributed by atoms with Crippen LogP contribution in [0.1, 0.15) is 32.1 Å². The summed E-state index contributed by atoms with van der Waals surface area (Å²) in [6.45, 7) is 0.301. The van der Waals surface area contributed by atoms with E-state index in [0.717, 1.165) is 12.8 Å². The Bertz CT molecular complexity index is 577. The molecule has 0 unspecified atom stereocenters. The monoisotopic (exact) mass is 326 g/mol. The SMILES string of the molecule is O=C1CCN(c2c(Cl)cccc2Cl)C(=O)C2(CCCC2)N1. The lowest BCUT2D eigenvalue weighted by molar-refractivity contribution is -0.129. The fourth-order valence-electron chi connectivity index (χ4n) is 3.23. The molecule has 4 nitrogen and oxygen atoms in total. The number of amides is 2. The Morgan fingerprint density at radius 2 is 1.71 bits per heavy atom. The third-order valence-electron chi connectivity index (χ3n) is 4.26. The van der Waals surface area contributed by atoms with Crippen LogP contribution in [0.3, 0.4) is 0 Å². The van der Waals surface area contributed by atoms with E-state index in [-0.39, 0.29) is 18.2 Å². The molecule has 0 aromatic heterocycles. The van der Waals surface area contributed by atoms with Crippen LogP contribution in [0.2, 0.25) is 10.0 Å². The molecule has 1 aromatic rings. The number of carbonyl (C=O) groups is 2. The maximum absolute atomic E-state index is 13.0. The molecular formula is C15H16Cl2N2O2. The minimum Gasteiger partial charge on any atom is -0.342 e. The summed E-state index contributed by atoms with van der Waals surface area (Å²) in [5.41, 5.74) is -0.274. The second-order valence-corrected chi connectivity index (χ2v) is 6.43. The summed E-state index contributed by atoms with van der Waals surface area (Å²) in [6, 6.07) is 5.15. The molecule has 21 heavy (non-hydrogen) atoms. The smallest absolute Gasteiger partial charge is 0.252 e. The molecular weight excluding hydrogens is 311 g/mol. The molecule has 3 rings (SSSR count). The van der Waals surface area contributed by atoms with E-state index in [1.165, 1.54) is 0 Å². The fourth-order valence-corrected chi connectivity index (χ4v) is 3.84. The molecule has 1 saturated heterocycles. The van der Waals surface area contributed by atoms with Gasteiger partial charge in [0.1, 0.15) is 5.54 Å². The van der Waals surface area contributed by atoms with Crippen molar-refractivity contribution >= 4 is 40.7 Å². The zero-order valence-corrected chi connectivity index (χ0v) is 13.0. The Kier molecular flexibility index (Phi) is 3.84. The Labute approximate surface area is 133 Å². The third-order valence-corrected chi connectivity index (χ3v) is 4.87. The van der Waals surface area contributed by atoms with Gasteiger partial charge in [0.15, 0.2) is 0 Å². The predicted octanol–water partition coefficient (Wildman–Crippen LogP) is 3.16. The highest BCUT2D eigenvalue weighted by Crippen LogP contribution is 2.39. The van der Waals surface area contributed by atoms with Gasteiger partial charge < -0.3 is 10.2 Å². The Hall–Kier alpha value is -1.26. The topological polar surface area (TPSA) is 49.4 Å². The Morgan fingerprint density at radius 1 is 1.10 bits per heavy atom. The van der Waals surface area contributed by atoms with Crippen LogP contribution in [0.4, 0.5) is 5.69 Å². The van der Waals surface area contributed by atoms with Gasteiger partial charge in [0.25, 0.3) is 5.91 Å². The minimum absolute atomic E-state index is 0.0871. The number of halogens is 2. The molecule has 6 heteroatoms. The van der Waals surface area contributed by atoms with Crippen molar-refractivity contribution in [2.75, 3.05) is 11.4 Å². The summed E-state index contributed by atoms with van der Waals surface area (Å²) in [4.78, 5) is 26.6. The van der Waals surface area contributed by atoms with Gasteiger partial charge in [-0.3, -0.25) is 9.59 Å². The summed E-state index contributed by atoms with van der Waals surface area (Å²) >= 11 is 12.5. The standard InChI is InChI=1S/C15H16Cl2N2O2/c16-10-4-3-5-11(17)13(10)19-9-6-12(20)18-15(14(19)21)7-1-2-8-15/h3-5H,1-2,6-9H2,(H,18,20). The number of anilines is 1. The maximum atomic E-state index is 13.0. The highest BCUT2D eigenvalue weighted by Gasteiger charge is 2.47. The van der Waals surface area contributed by atoms with Gasteiger partial charge in [0, 0.05) is 13.0 Å². The van der Waals surface area contributed by atoms with Crippen LogP contribution in [0.25, 0.3) is 0 Å². The van der Waals surface area contributed by atoms with E-state index in [1.54, 1.807) is 23.1 Å².